The number of amides is 4. The third-order valence-electron chi connectivity index (χ3n) is 4.53. The van der Waals surface area contributed by atoms with Gasteiger partial charge in [-0.15, -0.1) is 0 Å². The zero-order chi connectivity index (χ0) is 25.1. The van der Waals surface area contributed by atoms with E-state index in [1.165, 1.54) is 6.92 Å². The van der Waals surface area contributed by atoms with E-state index in [2.05, 4.69) is 10.6 Å². The van der Waals surface area contributed by atoms with Crippen molar-refractivity contribution in [2.24, 2.45) is 11.5 Å². The number of carboxylic acids is 1. The highest BCUT2D eigenvalue weighted by Crippen LogP contribution is 2.06. The molecule has 33 heavy (non-hydrogen) atoms. The van der Waals surface area contributed by atoms with Gasteiger partial charge in [0.15, 0.2) is 0 Å². The van der Waals surface area contributed by atoms with E-state index >= 15 is 0 Å². The molecule has 4 amide bonds. The monoisotopic (exact) mass is 467 g/mol. The first-order chi connectivity index (χ1) is 15.5. The second-order valence-electron chi connectivity index (χ2n) is 7.34. The first kappa shape index (κ1) is 27.5. The van der Waals surface area contributed by atoms with Crippen molar-refractivity contribution >= 4 is 29.6 Å². The van der Waals surface area contributed by atoms with Gasteiger partial charge in [-0.2, -0.15) is 0 Å². The van der Waals surface area contributed by atoms with E-state index in [-0.39, 0.29) is 6.42 Å². The summed E-state index contributed by atoms with van der Waals surface area (Å²) >= 11 is 0. The number of primary amides is 1. The molecular formula is C20H29N5O8. The van der Waals surface area contributed by atoms with E-state index in [4.69, 9.17) is 21.7 Å². The molecule has 0 heterocycles. The fourth-order valence-corrected chi connectivity index (χ4v) is 2.74. The molecule has 0 saturated carbocycles. The number of aliphatic hydroxyl groups is 2. The van der Waals surface area contributed by atoms with E-state index in [1.54, 1.807) is 30.3 Å². The van der Waals surface area contributed by atoms with Crippen LogP contribution in [-0.4, -0.2) is 81.8 Å². The van der Waals surface area contributed by atoms with Crippen LogP contribution in [0.15, 0.2) is 30.3 Å². The maximum Gasteiger partial charge on any atom is 0.326 e. The molecule has 1 aromatic rings. The maximum absolute atomic E-state index is 12.9. The summed E-state index contributed by atoms with van der Waals surface area (Å²) < 4.78 is 0. The predicted molar refractivity (Wildman–Crippen MR) is 114 cm³/mol. The number of hydrogen-bond acceptors (Lipinski definition) is 8. The lowest BCUT2D eigenvalue weighted by molar-refractivity contribution is -0.144. The second-order valence-corrected chi connectivity index (χ2v) is 7.34. The van der Waals surface area contributed by atoms with E-state index in [0.717, 1.165) is 0 Å². The third-order valence-corrected chi connectivity index (χ3v) is 4.53. The van der Waals surface area contributed by atoms with Gasteiger partial charge in [-0.1, -0.05) is 30.3 Å². The standard InChI is InChI=1S/C20H29N5O8/c1-10(27)16(19(31)24-14(20(32)33)8-15(22)28)25-18(30)13(23-17(29)12(21)9-26)7-11-5-3-2-4-6-11/h2-6,10,12-14,16,26-27H,7-9,21H2,1H3,(H2,22,28)(H,23,29)(H,24,31)(H,25,30)(H,32,33). The van der Waals surface area contributed by atoms with E-state index in [1.807, 2.05) is 5.32 Å². The van der Waals surface area contributed by atoms with Crippen molar-refractivity contribution in [3.8, 4) is 0 Å². The van der Waals surface area contributed by atoms with Gasteiger partial charge < -0.3 is 42.7 Å². The van der Waals surface area contributed by atoms with Gasteiger partial charge in [0.1, 0.15) is 24.2 Å². The minimum absolute atomic E-state index is 0.00978. The number of aliphatic carboxylic acids is 1. The molecule has 0 fully saturated rings. The lowest BCUT2D eigenvalue weighted by atomic mass is 10.0. The molecule has 0 aromatic heterocycles. The summed E-state index contributed by atoms with van der Waals surface area (Å²) in [6.45, 7) is 0.515. The Morgan fingerprint density at radius 2 is 1.52 bits per heavy atom. The number of nitrogens with two attached hydrogens (primary N) is 2. The Hall–Kier alpha value is -3.55. The third kappa shape index (κ3) is 9.22. The van der Waals surface area contributed by atoms with Crippen LogP contribution in [-0.2, 0) is 30.4 Å². The molecule has 5 unspecified atom stereocenters. The van der Waals surface area contributed by atoms with Crippen molar-refractivity contribution in [2.45, 2.75) is 50.0 Å². The zero-order valence-corrected chi connectivity index (χ0v) is 17.9. The molecule has 13 nitrogen and oxygen atoms in total. The van der Waals surface area contributed by atoms with E-state index in [0.29, 0.717) is 5.56 Å². The zero-order valence-electron chi connectivity index (χ0n) is 17.9. The molecule has 1 aromatic carbocycles. The normalized spacial score (nSPS) is 15.3. The average molecular weight is 467 g/mol. The van der Waals surface area contributed by atoms with Crippen LogP contribution in [0.4, 0.5) is 0 Å². The number of nitrogens with one attached hydrogen (secondary N) is 3. The van der Waals surface area contributed by atoms with Gasteiger partial charge in [-0.05, 0) is 12.5 Å². The van der Waals surface area contributed by atoms with Crippen LogP contribution >= 0.6 is 0 Å². The molecule has 0 bridgehead atoms. The molecule has 0 aliphatic heterocycles. The molecule has 182 valence electrons. The molecular weight excluding hydrogens is 438 g/mol. The number of carbonyl (C=O) groups excluding carboxylic acids is 4. The van der Waals surface area contributed by atoms with Crippen molar-refractivity contribution < 1.29 is 39.3 Å². The highest BCUT2D eigenvalue weighted by molar-refractivity contribution is 5.95. The number of benzene rings is 1. The quantitative estimate of drug-likeness (QED) is 0.142. The van der Waals surface area contributed by atoms with Crippen molar-refractivity contribution in [2.75, 3.05) is 6.61 Å². The number of aliphatic hydroxyl groups excluding tert-OH is 2. The topological polar surface area (TPSA) is 234 Å². The Kier molecular flexibility index (Phi) is 10.9. The summed E-state index contributed by atoms with van der Waals surface area (Å²) in [5.41, 5.74) is 11.1. The van der Waals surface area contributed by atoms with Crippen molar-refractivity contribution in [3.05, 3.63) is 35.9 Å². The van der Waals surface area contributed by atoms with Gasteiger partial charge in [0.05, 0.1) is 19.1 Å². The summed E-state index contributed by atoms with van der Waals surface area (Å²) in [5.74, 6) is -5.29. The minimum Gasteiger partial charge on any atom is -0.480 e. The largest absolute Gasteiger partial charge is 0.480 e. The van der Waals surface area contributed by atoms with Gasteiger partial charge in [-0.3, -0.25) is 19.2 Å². The van der Waals surface area contributed by atoms with Crippen molar-refractivity contribution in [1.29, 1.82) is 0 Å². The Morgan fingerprint density at radius 3 is 2.00 bits per heavy atom. The molecule has 13 heteroatoms. The molecule has 0 aliphatic rings. The number of carbonyl (C=O) groups is 5. The molecule has 0 spiro atoms. The Bertz CT molecular complexity index is 848. The van der Waals surface area contributed by atoms with Crippen LogP contribution in [0.1, 0.15) is 18.9 Å². The van der Waals surface area contributed by atoms with Crippen molar-refractivity contribution in [3.63, 3.8) is 0 Å². The minimum atomic E-state index is -1.67. The maximum atomic E-state index is 12.9. The molecule has 5 atom stereocenters. The summed E-state index contributed by atoms with van der Waals surface area (Å²) in [6.07, 6.45) is -2.18. The number of carboxylic acid groups (broad SMARTS) is 1. The fourth-order valence-electron chi connectivity index (χ4n) is 2.74. The predicted octanol–water partition coefficient (Wildman–Crippen LogP) is -3.66. The lowest BCUT2D eigenvalue weighted by Gasteiger charge is -2.26. The molecule has 1 rings (SSSR count). The van der Waals surface area contributed by atoms with Gasteiger partial charge in [0.25, 0.3) is 0 Å². The van der Waals surface area contributed by atoms with Crippen LogP contribution in [0.2, 0.25) is 0 Å². The molecule has 0 aliphatic carbocycles. The van der Waals surface area contributed by atoms with Crippen molar-refractivity contribution in [1.82, 2.24) is 16.0 Å². The smallest absolute Gasteiger partial charge is 0.326 e. The van der Waals surface area contributed by atoms with Gasteiger partial charge in [0, 0.05) is 6.42 Å². The first-order valence-corrected chi connectivity index (χ1v) is 9.96. The van der Waals surface area contributed by atoms with Crippen LogP contribution < -0.4 is 27.4 Å². The second kappa shape index (κ2) is 13.1. The first-order valence-electron chi connectivity index (χ1n) is 9.96. The van der Waals surface area contributed by atoms with Gasteiger partial charge in [0.2, 0.25) is 23.6 Å². The Morgan fingerprint density at radius 1 is 0.939 bits per heavy atom. The van der Waals surface area contributed by atoms with Crippen LogP contribution in [0.3, 0.4) is 0 Å². The van der Waals surface area contributed by atoms with Crippen LogP contribution in [0.5, 0.6) is 0 Å². The Balaban J connectivity index is 3.05. The number of rotatable bonds is 13. The SMILES string of the molecule is CC(O)C(NC(=O)C(Cc1ccccc1)NC(=O)C(N)CO)C(=O)NC(CC(N)=O)C(=O)O. The fraction of sp³-hybridized carbons (Fsp3) is 0.450. The van der Waals surface area contributed by atoms with Crippen LogP contribution in [0, 0.1) is 0 Å². The molecule has 10 N–H and O–H groups in total. The summed E-state index contributed by atoms with van der Waals surface area (Å²) in [6, 6.07) is 2.73. The summed E-state index contributed by atoms with van der Waals surface area (Å²) in [4.78, 5) is 59.9. The van der Waals surface area contributed by atoms with Gasteiger partial charge in [-0.25, -0.2) is 4.79 Å². The molecule has 0 radical (unpaired) electrons. The van der Waals surface area contributed by atoms with E-state index in [9.17, 15) is 29.1 Å². The van der Waals surface area contributed by atoms with Gasteiger partial charge >= 0.3 is 5.97 Å². The summed E-state index contributed by atoms with van der Waals surface area (Å²) in [7, 11) is 0. The highest BCUT2D eigenvalue weighted by atomic mass is 16.4. The summed E-state index contributed by atoms with van der Waals surface area (Å²) in [5, 5.41) is 34.9. The highest BCUT2D eigenvalue weighted by Gasteiger charge is 2.33. The number of hydrogen-bond donors (Lipinski definition) is 8. The lowest BCUT2D eigenvalue weighted by Crippen LogP contribution is -2.60. The van der Waals surface area contributed by atoms with E-state index < -0.39 is 72.9 Å². The van der Waals surface area contributed by atoms with Crippen LogP contribution in [0.25, 0.3) is 0 Å². The average Bonchev–Trinajstić information content (AvgIpc) is 2.75. The Labute approximate surface area is 189 Å². The molecule has 0 saturated heterocycles.